The summed E-state index contributed by atoms with van der Waals surface area (Å²) in [6.45, 7) is 0. The molecular formula is C17H16FNO. The first-order valence-electron chi connectivity index (χ1n) is 6.74. The fraction of sp³-hybridized carbons (Fsp3) is 0.235. The number of ketones is 1. The number of Topliss-reactive ketones (excluding diaryl/α,β-unsaturated/α-hetero) is 1. The van der Waals surface area contributed by atoms with Crippen LogP contribution in [0.25, 0.3) is 0 Å². The predicted molar refractivity (Wildman–Crippen MR) is 76.9 cm³/mol. The van der Waals surface area contributed by atoms with Gasteiger partial charge in [0.15, 0.2) is 0 Å². The summed E-state index contributed by atoms with van der Waals surface area (Å²) >= 11 is 0. The first-order chi connectivity index (χ1) is 9.62. The van der Waals surface area contributed by atoms with Crippen LogP contribution >= 0.6 is 0 Å². The quantitative estimate of drug-likeness (QED) is 0.866. The smallest absolute Gasteiger partial charge is 0.147 e. The van der Waals surface area contributed by atoms with Crippen molar-refractivity contribution >= 4 is 11.5 Å². The van der Waals surface area contributed by atoms with Crippen molar-refractivity contribution in [2.45, 2.75) is 24.7 Å². The van der Waals surface area contributed by atoms with Gasteiger partial charge in [-0.1, -0.05) is 30.3 Å². The minimum atomic E-state index is -0.421. The van der Waals surface area contributed by atoms with Crippen LogP contribution in [-0.2, 0) is 16.6 Å². The molecule has 0 amide bonds. The third-order valence-corrected chi connectivity index (χ3v) is 4.06. The van der Waals surface area contributed by atoms with E-state index >= 15 is 0 Å². The van der Waals surface area contributed by atoms with Crippen molar-refractivity contribution in [3.8, 4) is 0 Å². The van der Waals surface area contributed by atoms with Crippen LogP contribution in [0, 0.1) is 5.82 Å². The van der Waals surface area contributed by atoms with E-state index in [1.165, 1.54) is 6.07 Å². The summed E-state index contributed by atoms with van der Waals surface area (Å²) in [5, 5.41) is 0. The monoisotopic (exact) mass is 269 g/mol. The molecule has 2 nitrogen and oxygen atoms in total. The lowest BCUT2D eigenvalue weighted by Gasteiger charge is -2.15. The zero-order valence-corrected chi connectivity index (χ0v) is 11.1. The molecule has 0 radical (unpaired) electrons. The molecule has 2 N–H and O–H groups in total. The van der Waals surface area contributed by atoms with E-state index in [1.54, 1.807) is 18.2 Å². The molecule has 1 saturated carbocycles. The van der Waals surface area contributed by atoms with Crippen molar-refractivity contribution in [2.75, 3.05) is 5.73 Å². The zero-order chi connectivity index (χ0) is 14.2. The third kappa shape index (κ3) is 2.20. The standard InChI is InChI=1S/C17H16FNO/c18-15-4-2-1-3-12(15)11-16(20)17(9-10-17)13-5-7-14(19)8-6-13/h1-8H,9-11,19H2. The summed E-state index contributed by atoms with van der Waals surface area (Å²) in [6, 6.07) is 13.9. The van der Waals surface area contributed by atoms with Gasteiger partial charge in [0.25, 0.3) is 0 Å². The number of carbonyl (C=O) groups excluding carboxylic acids is 1. The molecular weight excluding hydrogens is 253 g/mol. The molecule has 1 aliphatic rings. The average molecular weight is 269 g/mol. The third-order valence-electron chi connectivity index (χ3n) is 4.06. The summed E-state index contributed by atoms with van der Waals surface area (Å²) in [7, 11) is 0. The SMILES string of the molecule is Nc1ccc(C2(C(=O)Cc3ccccc3F)CC2)cc1. The highest BCUT2D eigenvalue weighted by Gasteiger charge is 2.50. The molecule has 2 aromatic rings. The van der Waals surface area contributed by atoms with Crippen LogP contribution in [0.15, 0.2) is 48.5 Å². The van der Waals surface area contributed by atoms with E-state index in [-0.39, 0.29) is 18.0 Å². The molecule has 20 heavy (non-hydrogen) atoms. The first kappa shape index (κ1) is 12.9. The Balaban J connectivity index is 1.84. The molecule has 0 heterocycles. The lowest BCUT2D eigenvalue weighted by atomic mass is 9.88. The minimum Gasteiger partial charge on any atom is -0.399 e. The number of hydrogen-bond donors (Lipinski definition) is 1. The molecule has 102 valence electrons. The number of carbonyl (C=O) groups is 1. The maximum Gasteiger partial charge on any atom is 0.147 e. The summed E-state index contributed by atoms with van der Waals surface area (Å²) in [4.78, 5) is 12.5. The van der Waals surface area contributed by atoms with Crippen LogP contribution in [0.3, 0.4) is 0 Å². The molecule has 2 aromatic carbocycles. The van der Waals surface area contributed by atoms with E-state index in [0.717, 1.165) is 18.4 Å². The van der Waals surface area contributed by atoms with Crippen LogP contribution in [0.1, 0.15) is 24.0 Å². The van der Waals surface area contributed by atoms with Gasteiger partial charge in [-0.2, -0.15) is 0 Å². The van der Waals surface area contributed by atoms with E-state index < -0.39 is 5.41 Å². The van der Waals surface area contributed by atoms with Gasteiger partial charge >= 0.3 is 0 Å². The Bertz CT molecular complexity index is 644. The number of hydrogen-bond acceptors (Lipinski definition) is 2. The average Bonchev–Trinajstić information content (AvgIpc) is 3.24. The normalized spacial score (nSPS) is 15.8. The van der Waals surface area contributed by atoms with E-state index in [9.17, 15) is 9.18 Å². The molecule has 0 aliphatic heterocycles. The molecule has 0 saturated heterocycles. The zero-order valence-electron chi connectivity index (χ0n) is 11.1. The maximum atomic E-state index is 13.6. The fourth-order valence-electron chi connectivity index (χ4n) is 2.64. The van der Waals surface area contributed by atoms with Crippen molar-refractivity contribution in [1.29, 1.82) is 0 Å². The van der Waals surface area contributed by atoms with Gasteiger partial charge in [-0.3, -0.25) is 4.79 Å². The largest absolute Gasteiger partial charge is 0.399 e. The molecule has 0 spiro atoms. The Kier molecular flexibility index (Phi) is 3.05. The minimum absolute atomic E-state index is 0.0902. The number of halogens is 1. The fourth-order valence-corrected chi connectivity index (χ4v) is 2.64. The van der Waals surface area contributed by atoms with Crippen molar-refractivity contribution in [2.24, 2.45) is 0 Å². The molecule has 0 unspecified atom stereocenters. The molecule has 3 heteroatoms. The maximum absolute atomic E-state index is 13.6. The van der Waals surface area contributed by atoms with Gasteiger partial charge in [-0.25, -0.2) is 4.39 Å². The second-order valence-corrected chi connectivity index (χ2v) is 5.40. The topological polar surface area (TPSA) is 43.1 Å². The molecule has 0 atom stereocenters. The van der Waals surface area contributed by atoms with Crippen molar-refractivity contribution in [3.05, 3.63) is 65.5 Å². The number of nitrogen functional groups attached to an aromatic ring is 1. The second kappa shape index (κ2) is 4.75. The Hall–Kier alpha value is -2.16. The molecule has 1 aliphatic carbocycles. The van der Waals surface area contributed by atoms with Crippen molar-refractivity contribution < 1.29 is 9.18 Å². The van der Waals surface area contributed by atoms with Gasteiger partial charge in [-0.05, 0) is 42.2 Å². The van der Waals surface area contributed by atoms with Gasteiger partial charge in [0.05, 0.1) is 5.41 Å². The van der Waals surface area contributed by atoms with Gasteiger partial charge in [0, 0.05) is 12.1 Å². The Morgan fingerprint density at radius 2 is 1.75 bits per heavy atom. The van der Waals surface area contributed by atoms with E-state index in [1.807, 2.05) is 24.3 Å². The van der Waals surface area contributed by atoms with Gasteiger partial charge < -0.3 is 5.73 Å². The van der Waals surface area contributed by atoms with Gasteiger partial charge in [0.2, 0.25) is 0 Å². The van der Waals surface area contributed by atoms with Gasteiger partial charge in [-0.15, -0.1) is 0 Å². The summed E-state index contributed by atoms with van der Waals surface area (Å²) in [5.41, 5.74) is 7.41. The molecule has 0 bridgehead atoms. The Morgan fingerprint density at radius 3 is 2.35 bits per heavy atom. The van der Waals surface area contributed by atoms with Crippen LogP contribution < -0.4 is 5.73 Å². The van der Waals surface area contributed by atoms with Crippen LogP contribution in [0.2, 0.25) is 0 Å². The van der Waals surface area contributed by atoms with Crippen LogP contribution in [0.5, 0.6) is 0 Å². The van der Waals surface area contributed by atoms with Crippen molar-refractivity contribution in [1.82, 2.24) is 0 Å². The number of rotatable bonds is 4. The summed E-state index contributed by atoms with van der Waals surface area (Å²) in [6.07, 6.45) is 1.82. The van der Waals surface area contributed by atoms with Crippen molar-refractivity contribution in [3.63, 3.8) is 0 Å². The predicted octanol–water partition coefficient (Wildman–Crippen LogP) is 3.25. The lowest BCUT2D eigenvalue weighted by molar-refractivity contribution is -0.120. The first-order valence-corrected chi connectivity index (χ1v) is 6.74. The van der Waals surface area contributed by atoms with E-state index in [2.05, 4.69) is 0 Å². The van der Waals surface area contributed by atoms with E-state index in [4.69, 9.17) is 5.73 Å². The number of anilines is 1. The summed E-state index contributed by atoms with van der Waals surface area (Å²) < 4.78 is 13.6. The molecule has 0 aromatic heterocycles. The lowest BCUT2D eigenvalue weighted by Crippen LogP contribution is -2.22. The Labute approximate surface area is 117 Å². The highest BCUT2D eigenvalue weighted by atomic mass is 19.1. The summed E-state index contributed by atoms with van der Waals surface area (Å²) in [5.74, 6) is -0.221. The molecule has 1 fully saturated rings. The highest BCUT2D eigenvalue weighted by molar-refractivity contribution is 5.94. The Morgan fingerprint density at radius 1 is 1.10 bits per heavy atom. The highest BCUT2D eigenvalue weighted by Crippen LogP contribution is 2.49. The number of benzene rings is 2. The van der Waals surface area contributed by atoms with Crippen LogP contribution in [-0.4, -0.2) is 5.78 Å². The number of nitrogens with two attached hydrogens (primary N) is 1. The molecule has 3 rings (SSSR count). The second-order valence-electron chi connectivity index (χ2n) is 5.40. The van der Waals surface area contributed by atoms with Crippen LogP contribution in [0.4, 0.5) is 10.1 Å². The van der Waals surface area contributed by atoms with Gasteiger partial charge in [0.1, 0.15) is 11.6 Å². The van der Waals surface area contributed by atoms with E-state index in [0.29, 0.717) is 11.3 Å².